The Balaban J connectivity index is 0.920. The number of thiophene rings is 1. The Hall–Kier alpha value is -8.84. The van der Waals surface area contributed by atoms with Crippen molar-refractivity contribution >= 4 is 48.1 Å². The molecule has 2 unspecified atom stereocenters. The Morgan fingerprint density at radius 3 is 1.90 bits per heavy atom. The first-order valence-electron chi connectivity index (χ1n) is 24.8. The van der Waals surface area contributed by atoms with Gasteiger partial charge in [0.05, 0.1) is 16.4 Å². The Kier molecular flexibility index (Phi) is 9.02. The van der Waals surface area contributed by atoms with Gasteiger partial charge in [-0.05, 0) is 135 Å². The summed E-state index contributed by atoms with van der Waals surface area (Å²) in [4.78, 5) is 21.1. The number of hydrogen-bond acceptors (Lipinski definition) is 5. The normalized spacial score (nSPS) is 16.4. The van der Waals surface area contributed by atoms with Crippen molar-refractivity contribution in [1.82, 2.24) is 24.5 Å². The van der Waals surface area contributed by atoms with Gasteiger partial charge in [0.2, 0.25) is 0 Å². The molecular formula is C66H43N5S. The molecule has 0 saturated carbocycles. The molecule has 0 amide bonds. The van der Waals surface area contributed by atoms with Crippen LogP contribution >= 0.6 is 11.3 Å². The van der Waals surface area contributed by atoms with Crippen LogP contribution in [0.25, 0.3) is 110 Å². The van der Waals surface area contributed by atoms with Gasteiger partial charge in [0.25, 0.3) is 0 Å². The lowest BCUT2D eigenvalue weighted by atomic mass is 9.68. The first-order chi connectivity index (χ1) is 35.6. The maximum atomic E-state index is 5.37. The van der Waals surface area contributed by atoms with Crippen LogP contribution in [-0.4, -0.2) is 24.5 Å². The minimum absolute atomic E-state index is 0.430. The summed E-state index contributed by atoms with van der Waals surface area (Å²) in [6.07, 6.45) is 6.02. The Morgan fingerprint density at radius 2 is 1.07 bits per heavy atom. The van der Waals surface area contributed by atoms with Crippen LogP contribution in [0.15, 0.2) is 230 Å². The van der Waals surface area contributed by atoms with Crippen LogP contribution < -0.4 is 0 Å². The van der Waals surface area contributed by atoms with Gasteiger partial charge in [-0.25, -0.2) is 19.9 Å². The maximum absolute atomic E-state index is 5.37. The average molecular weight is 938 g/mol. The molecule has 3 aliphatic carbocycles. The van der Waals surface area contributed by atoms with Gasteiger partial charge in [-0.2, -0.15) is 0 Å². The second-order valence-electron chi connectivity index (χ2n) is 19.4. The van der Waals surface area contributed by atoms with Gasteiger partial charge >= 0.3 is 0 Å². The molecule has 15 rings (SSSR count). The summed E-state index contributed by atoms with van der Waals surface area (Å²) in [5.41, 5.74) is 19.1. The van der Waals surface area contributed by atoms with Gasteiger partial charge in [0.1, 0.15) is 5.82 Å². The van der Waals surface area contributed by atoms with E-state index in [1.165, 1.54) is 64.7 Å². The Labute approximate surface area is 420 Å². The molecule has 0 bridgehead atoms. The van der Waals surface area contributed by atoms with Gasteiger partial charge < -0.3 is 0 Å². The summed E-state index contributed by atoms with van der Waals surface area (Å²) in [5.74, 6) is 3.30. The number of hydrogen-bond donors (Lipinski definition) is 0. The molecule has 9 aromatic carbocycles. The van der Waals surface area contributed by atoms with E-state index < -0.39 is 5.41 Å². The van der Waals surface area contributed by atoms with Crippen molar-refractivity contribution in [1.29, 1.82) is 0 Å². The van der Waals surface area contributed by atoms with Crippen LogP contribution in [0.5, 0.6) is 0 Å². The van der Waals surface area contributed by atoms with E-state index in [1.807, 2.05) is 29.5 Å². The first-order valence-corrected chi connectivity index (χ1v) is 25.6. The minimum atomic E-state index is -0.568. The standard InChI is InChI=1S/C66H43N5S/c1-40-27-33-55-52(35-40)48-21-8-10-23-54(48)66(55)56-38-43(42-17-14-18-46(36-42)65-67-58-24-11-12-25-59(58)71(65)47-19-6-3-7-20-47)28-31-49(56)50-32-29-45(39-57(50)66)64-69-62(41-15-4-2-5-16-41)68-63(70-64)44-30-34-61-53(37-44)51-22-9-13-26-60(51)72-61/h2-26,28-40H,27H2,1H3. The summed E-state index contributed by atoms with van der Waals surface area (Å²) in [6.45, 7) is 2.33. The van der Waals surface area contributed by atoms with E-state index in [0.29, 0.717) is 23.4 Å². The number of imidazole rings is 1. The van der Waals surface area contributed by atoms with Crippen LogP contribution in [0.2, 0.25) is 0 Å². The molecule has 5 nitrogen and oxygen atoms in total. The van der Waals surface area contributed by atoms with Crippen molar-refractivity contribution in [2.45, 2.75) is 18.8 Å². The topological polar surface area (TPSA) is 56.5 Å². The average Bonchev–Trinajstić information content (AvgIpc) is 4.19. The van der Waals surface area contributed by atoms with Gasteiger partial charge in [-0.3, -0.25) is 4.57 Å². The zero-order chi connectivity index (χ0) is 47.5. The molecule has 0 saturated heterocycles. The zero-order valence-corrected chi connectivity index (χ0v) is 40.1. The largest absolute Gasteiger partial charge is 0.292 e. The second-order valence-corrected chi connectivity index (χ2v) is 20.5. The summed E-state index contributed by atoms with van der Waals surface area (Å²) < 4.78 is 4.80. The van der Waals surface area contributed by atoms with E-state index in [2.05, 4.69) is 218 Å². The number of benzene rings is 9. The third kappa shape index (κ3) is 6.12. The molecule has 6 heteroatoms. The zero-order valence-electron chi connectivity index (χ0n) is 39.3. The van der Waals surface area contributed by atoms with E-state index >= 15 is 0 Å². The summed E-state index contributed by atoms with van der Waals surface area (Å²) in [6, 6.07) is 76.6. The smallest absolute Gasteiger partial charge is 0.164 e. The maximum Gasteiger partial charge on any atom is 0.164 e. The highest BCUT2D eigenvalue weighted by atomic mass is 32.1. The molecule has 1 spiro atoms. The van der Waals surface area contributed by atoms with Gasteiger partial charge in [-0.1, -0.05) is 165 Å². The van der Waals surface area contributed by atoms with Crippen molar-refractivity contribution in [2.24, 2.45) is 5.92 Å². The van der Waals surface area contributed by atoms with E-state index in [9.17, 15) is 0 Å². The summed E-state index contributed by atoms with van der Waals surface area (Å²) >= 11 is 1.82. The predicted octanol–water partition coefficient (Wildman–Crippen LogP) is 16.6. The molecule has 0 N–H and O–H groups in total. The lowest BCUT2D eigenvalue weighted by Crippen LogP contribution is -2.27. The van der Waals surface area contributed by atoms with Crippen LogP contribution in [0.1, 0.15) is 35.6 Å². The fourth-order valence-corrected chi connectivity index (χ4v) is 13.1. The van der Waals surface area contributed by atoms with Crippen molar-refractivity contribution in [2.75, 3.05) is 0 Å². The molecule has 3 aromatic heterocycles. The van der Waals surface area contributed by atoms with Crippen LogP contribution in [0, 0.1) is 5.92 Å². The molecule has 12 aromatic rings. The van der Waals surface area contributed by atoms with E-state index in [4.69, 9.17) is 19.9 Å². The van der Waals surface area contributed by atoms with Crippen molar-refractivity contribution in [3.63, 3.8) is 0 Å². The molecule has 338 valence electrons. The fraction of sp³-hybridized carbons (Fsp3) is 0.0606. The lowest BCUT2D eigenvalue weighted by molar-refractivity contribution is 0.711. The van der Waals surface area contributed by atoms with Crippen molar-refractivity contribution in [3.8, 4) is 73.5 Å². The lowest BCUT2D eigenvalue weighted by Gasteiger charge is -2.32. The third-order valence-corrected chi connectivity index (χ3v) is 16.3. The van der Waals surface area contributed by atoms with Crippen molar-refractivity contribution < 1.29 is 0 Å². The fourth-order valence-electron chi connectivity index (χ4n) is 12.0. The van der Waals surface area contributed by atoms with E-state index in [1.54, 1.807) is 0 Å². The molecule has 0 aliphatic heterocycles. The molecule has 72 heavy (non-hydrogen) atoms. The highest BCUT2D eigenvalue weighted by Gasteiger charge is 2.54. The molecule has 0 radical (unpaired) electrons. The van der Waals surface area contributed by atoms with Gasteiger partial charge in [-0.15, -0.1) is 11.3 Å². The molecule has 3 heterocycles. The number of rotatable bonds is 6. The van der Waals surface area contributed by atoms with Gasteiger partial charge in [0, 0.05) is 48.1 Å². The number of para-hydroxylation sites is 3. The predicted molar refractivity (Wildman–Crippen MR) is 296 cm³/mol. The quantitative estimate of drug-likeness (QED) is 0.167. The summed E-state index contributed by atoms with van der Waals surface area (Å²) in [7, 11) is 0. The van der Waals surface area contributed by atoms with Crippen molar-refractivity contribution in [3.05, 3.63) is 252 Å². The first kappa shape index (κ1) is 41.0. The molecule has 0 fully saturated rings. The molecular weight excluding hydrogens is 895 g/mol. The summed E-state index contributed by atoms with van der Waals surface area (Å²) in [5, 5.41) is 2.46. The van der Waals surface area contributed by atoms with Crippen LogP contribution in [0.4, 0.5) is 0 Å². The minimum Gasteiger partial charge on any atom is -0.292 e. The molecule has 3 aliphatic rings. The van der Waals surface area contributed by atoms with Crippen LogP contribution in [0.3, 0.4) is 0 Å². The number of aromatic nitrogens is 5. The molecule has 2 atom stereocenters. The monoisotopic (exact) mass is 937 g/mol. The Bertz CT molecular complexity index is 4280. The SMILES string of the molecule is CC1C=C2C(=CC1)C1(c3ccccc32)c2cc(-c3cccc(-c4nc5ccccc5n4-c4ccccc4)c3)ccc2-c2ccc(-c3nc(-c4ccccc4)nc(-c4ccc5sc6ccccc6c5c4)n3)cc21. The van der Waals surface area contributed by atoms with E-state index in [0.717, 1.165) is 62.3 Å². The van der Waals surface area contributed by atoms with Crippen LogP contribution in [-0.2, 0) is 5.41 Å². The second kappa shape index (κ2) is 15.8. The highest BCUT2D eigenvalue weighted by molar-refractivity contribution is 7.25. The third-order valence-electron chi connectivity index (χ3n) is 15.2. The van der Waals surface area contributed by atoms with Gasteiger partial charge in [0.15, 0.2) is 17.5 Å². The Morgan fingerprint density at radius 1 is 0.458 bits per heavy atom. The number of fused-ring (bicyclic) bond motifs is 14. The number of nitrogens with zero attached hydrogens (tertiary/aromatic N) is 5. The number of allylic oxidation sites excluding steroid dienone is 4. The van der Waals surface area contributed by atoms with E-state index in [-0.39, 0.29) is 0 Å². The highest BCUT2D eigenvalue weighted by Crippen LogP contribution is 2.65.